The Morgan fingerprint density at radius 2 is 0.725 bits per heavy atom. The summed E-state index contributed by atoms with van der Waals surface area (Å²) in [5.74, 6) is 0.143. The molecule has 0 aliphatic rings. The highest BCUT2D eigenvalue weighted by Gasteiger charge is 2.50. The van der Waals surface area contributed by atoms with Crippen molar-refractivity contribution in [3.63, 3.8) is 0 Å². The van der Waals surface area contributed by atoms with Crippen LogP contribution in [0.25, 0.3) is 0 Å². The first-order valence-corrected chi connectivity index (χ1v) is 18.6. The van der Waals surface area contributed by atoms with Gasteiger partial charge in [-0.1, -0.05) is 196 Å². The summed E-state index contributed by atoms with van der Waals surface area (Å²) in [5, 5.41) is 0. The van der Waals surface area contributed by atoms with Gasteiger partial charge in [0.2, 0.25) is 0 Å². The Hall–Kier alpha value is -0.530. The van der Waals surface area contributed by atoms with E-state index in [-0.39, 0.29) is 16.8 Å². The summed E-state index contributed by atoms with van der Waals surface area (Å²) in [7, 11) is 0. The molecule has 0 radical (unpaired) electrons. The smallest absolute Gasteiger partial charge is 0.312 e. The first-order valence-electron chi connectivity index (χ1n) is 18.6. The van der Waals surface area contributed by atoms with Crippen molar-refractivity contribution in [2.24, 2.45) is 10.8 Å². The zero-order valence-electron chi connectivity index (χ0n) is 28.8. The van der Waals surface area contributed by atoms with Crippen LogP contribution in [0, 0.1) is 10.8 Å². The van der Waals surface area contributed by atoms with Gasteiger partial charge in [0.05, 0.1) is 12.0 Å². The lowest BCUT2D eigenvalue weighted by Crippen LogP contribution is -2.46. The van der Waals surface area contributed by atoms with E-state index < -0.39 is 0 Å². The van der Waals surface area contributed by atoms with Crippen molar-refractivity contribution in [3.8, 4) is 0 Å². The van der Waals surface area contributed by atoms with E-state index in [4.69, 9.17) is 4.74 Å². The van der Waals surface area contributed by atoms with Gasteiger partial charge in [0.15, 0.2) is 0 Å². The Morgan fingerprint density at radius 1 is 0.425 bits per heavy atom. The number of esters is 1. The van der Waals surface area contributed by atoms with Crippen molar-refractivity contribution in [1.82, 2.24) is 0 Å². The molecule has 0 N–H and O–H groups in total. The maximum Gasteiger partial charge on any atom is 0.312 e. The number of carbonyl (C=O) groups excluding carboxylic acids is 1. The van der Waals surface area contributed by atoms with E-state index >= 15 is 0 Å². The van der Waals surface area contributed by atoms with Crippen molar-refractivity contribution in [3.05, 3.63) is 0 Å². The zero-order valence-corrected chi connectivity index (χ0v) is 28.8. The van der Waals surface area contributed by atoms with Crippen LogP contribution in [0.15, 0.2) is 0 Å². The van der Waals surface area contributed by atoms with Gasteiger partial charge in [0.1, 0.15) is 0 Å². The number of carbonyl (C=O) groups is 1. The number of hydrogen-bond acceptors (Lipinski definition) is 2. The molecule has 0 rings (SSSR count). The van der Waals surface area contributed by atoms with Crippen molar-refractivity contribution >= 4 is 5.97 Å². The number of rotatable bonds is 31. The lowest BCUT2D eigenvalue weighted by molar-refractivity contribution is -0.167. The van der Waals surface area contributed by atoms with Crippen molar-refractivity contribution < 1.29 is 9.53 Å². The minimum atomic E-state index is -0.324. The van der Waals surface area contributed by atoms with Gasteiger partial charge in [-0.3, -0.25) is 4.79 Å². The molecule has 0 amide bonds. The number of unbranched alkanes of at least 4 members (excludes halogenated alkanes) is 21. The van der Waals surface area contributed by atoms with Crippen LogP contribution < -0.4 is 0 Å². The van der Waals surface area contributed by atoms with Gasteiger partial charge in [-0.15, -0.1) is 0 Å². The second kappa shape index (κ2) is 27.3. The molecule has 1 atom stereocenters. The second-order valence-corrected chi connectivity index (χ2v) is 13.8. The first kappa shape index (κ1) is 39.5. The summed E-state index contributed by atoms with van der Waals surface area (Å²) in [6.45, 7) is 14.6. The summed E-state index contributed by atoms with van der Waals surface area (Å²) in [6.07, 6.45) is 35.5. The zero-order chi connectivity index (χ0) is 29.8. The van der Waals surface area contributed by atoms with E-state index in [0.717, 1.165) is 32.1 Å². The Balaban J connectivity index is 5.06. The van der Waals surface area contributed by atoms with Crippen LogP contribution in [-0.4, -0.2) is 12.6 Å². The van der Waals surface area contributed by atoms with Crippen LogP contribution in [0.2, 0.25) is 0 Å². The van der Waals surface area contributed by atoms with Crippen LogP contribution >= 0.6 is 0 Å². The Morgan fingerprint density at radius 3 is 1.15 bits per heavy atom. The summed E-state index contributed by atoms with van der Waals surface area (Å²) < 4.78 is 6.21. The van der Waals surface area contributed by atoms with Gasteiger partial charge in [-0.25, -0.2) is 0 Å². The van der Waals surface area contributed by atoms with Crippen LogP contribution in [-0.2, 0) is 9.53 Å². The number of hydrogen-bond donors (Lipinski definition) is 0. The molecular weight excluding hydrogens is 488 g/mol. The van der Waals surface area contributed by atoms with E-state index in [0.29, 0.717) is 6.61 Å². The van der Waals surface area contributed by atoms with Gasteiger partial charge < -0.3 is 4.74 Å². The molecule has 0 fully saturated rings. The van der Waals surface area contributed by atoms with Crippen molar-refractivity contribution in [2.45, 2.75) is 221 Å². The molecular formula is C38H76O2. The highest BCUT2D eigenvalue weighted by Crippen LogP contribution is 2.51. The summed E-state index contributed by atoms with van der Waals surface area (Å²) in [4.78, 5) is 14.1. The van der Waals surface area contributed by atoms with Gasteiger partial charge in [0, 0.05) is 0 Å². The van der Waals surface area contributed by atoms with Gasteiger partial charge in [-0.2, -0.15) is 0 Å². The summed E-state index contributed by atoms with van der Waals surface area (Å²) >= 11 is 0. The molecule has 0 heterocycles. The summed E-state index contributed by atoms with van der Waals surface area (Å²) in [5.41, 5.74) is -0.334. The molecule has 0 bridgehead atoms. The topological polar surface area (TPSA) is 26.3 Å². The fraction of sp³-hybridized carbons (Fsp3) is 0.974. The molecule has 240 valence electrons. The quantitative estimate of drug-likeness (QED) is 0.0618. The molecule has 0 aromatic heterocycles. The van der Waals surface area contributed by atoms with Gasteiger partial charge >= 0.3 is 5.97 Å². The average molecular weight is 565 g/mol. The van der Waals surface area contributed by atoms with Crippen LogP contribution in [0.4, 0.5) is 0 Å². The summed E-state index contributed by atoms with van der Waals surface area (Å²) in [6, 6.07) is 0. The molecule has 40 heavy (non-hydrogen) atoms. The lowest BCUT2D eigenvalue weighted by Gasteiger charge is -2.45. The van der Waals surface area contributed by atoms with E-state index in [2.05, 4.69) is 41.5 Å². The van der Waals surface area contributed by atoms with E-state index in [1.54, 1.807) is 0 Å². The standard InChI is InChI=1S/C38H76O2/c1-7-11-15-18-20-22-23-25-27-31-35-40-36(39)38(33-29-17-13-9-3,37(5,6)32-28-14-10-4)34-30-26-24-21-19-16-12-8-2/h7-35H2,1-6H3. The normalized spacial score (nSPS) is 13.4. The second-order valence-electron chi connectivity index (χ2n) is 13.8. The molecule has 0 aliphatic carbocycles. The molecule has 0 aromatic rings. The first-order chi connectivity index (χ1) is 19.4. The fourth-order valence-corrected chi connectivity index (χ4v) is 6.65. The van der Waals surface area contributed by atoms with Crippen molar-refractivity contribution in [2.75, 3.05) is 6.61 Å². The minimum Gasteiger partial charge on any atom is -0.465 e. The SMILES string of the molecule is CCCCCCCCCCCCOC(=O)C(CCCCCC)(CCCCCCCCCC)C(C)(C)CCCCC. The minimum absolute atomic E-state index is 0.00955. The number of ether oxygens (including phenoxy) is 1. The third-order valence-electron chi connectivity index (χ3n) is 9.74. The molecule has 0 aromatic carbocycles. The Labute approximate surface area is 254 Å². The maximum atomic E-state index is 14.1. The molecule has 0 spiro atoms. The molecule has 0 saturated carbocycles. The lowest BCUT2D eigenvalue weighted by atomic mass is 9.58. The molecule has 2 heteroatoms. The van der Waals surface area contributed by atoms with Crippen LogP contribution in [0.1, 0.15) is 221 Å². The van der Waals surface area contributed by atoms with Crippen LogP contribution in [0.5, 0.6) is 0 Å². The molecule has 2 nitrogen and oxygen atoms in total. The third-order valence-corrected chi connectivity index (χ3v) is 9.74. The highest BCUT2D eigenvalue weighted by atomic mass is 16.5. The molecule has 0 saturated heterocycles. The van der Waals surface area contributed by atoms with Crippen molar-refractivity contribution in [1.29, 1.82) is 0 Å². The third kappa shape index (κ3) is 18.8. The van der Waals surface area contributed by atoms with E-state index in [1.165, 1.54) is 148 Å². The highest BCUT2D eigenvalue weighted by molar-refractivity contribution is 5.78. The average Bonchev–Trinajstić information content (AvgIpc) is 2.94. The monoisotopic (exact) mass is 565 g/mol. The van der Waals surface area contributed by atoms with Crippen LogP contribution in [0.3, 0.4) is 0 Å². The Bertz CT molecular complexity index is 540. The predicted octanol–water partition coefficient (Wildman–Crippen LogP) is 13.5. The Kier molecular flexibility index (Phi) is 27.0. The van der Waals surface area contributed by atoms with Gasteiger partial charge in [-0.05, 0) is 31.1 Å². The maximum absolute atomic E-state index is 14.1. The van der Waals surface area contributed by atoms with Gasteiger partial charge in [0.25, 0.3) is 0 Å². The molecule has 1 unspecified atom stereocenters. The molecule has 0 aliphatic heterocycles. The van der Waals surface area contributed by atoms with E-state index in [1.807, 2.05) is 0 Å². The fourth-order valence-electron chi connectivity index (χ4n) is 6.65. The van der Waals surface area contributed by atoms with E-state index in [9.17, 15) is 4.79 Å². The predicted molar refractivity (Wildman–Crippen MR) is 179 cm³/mol. The largest absolute Gasteiger partial charge is 0.465 e.